The van der Waals surface area contributed by atoms with E-state index in [1.165, 1.54) is 6.92 Å². The van der Waals surface area contributed by atoms with Gasteiger partial charge in [-0.1, -0.05) is 0 Å². The Kier molecular flexibility index (Phi) is 26.9. The van der Waals surface area contributed by atoms with Gasteiger partial charge in [-0.05, 0) is 136 Å². The third kappa shape index (κ3) is 15.8. The standard InChI is InChI=1S/C16H20I3N3O8.C16H20I3N3O7/c17-11-9(15(29)20-6(1-23)2-24)12(18)14(22-8(28)5-27)13(19)10(11)16(30)21-7(3-25)4-26;1-6(27)20-14-12(18)9(15(28)21-7(2-23)3-24)11(17)10(13(14)19)16(29)22-8(4-25)5-26/h6-7,23-27H,1-5H2,(H,20,29)(H,21,30)(H,22,28);7-8,23-26H,2-5H2,1H3,(H,20,27)(H,21,28)(H,22,29). The third-order valence-electron chi connectivity index (χ3n) is 7.36. The zero-order valence-electron chi connectivity index (χ0n) is 30.4. The molecule has 2 aromatic rings. The lowest BCUT2D eigenvalue weighted by atomic mass is 10.1. The van der Waals surface area contributed by atoms with Gasteiger partial charge in [-0.15, -0.1) is 0 Å². The first kappa shape index (κ1) is 56.3. The molecule has 0 fully saturated rings. The van der Waals surface area contributed by atoms with Gasteiger partial charge < -0.3 is 77.9 Å². The Hall–Kier alpha value is -0.720. The molecule has 330 valence electrons. The molecule has 6 amide bonds. The summed E-state index contributed by atoms with van der Waals surface area (Å²) in [6.45, 7) is -3.56. The number of amides is 6. The first-order chi connectivity index (χ1) is 27.8. The van der Waals surface area contributed by atoms with E-state index in [2.05, 4.69) is 31.9 Å². The molecular formula is C32H40I6N6O15. The monoisotopic (exact) mass is 1510 g/mol. The summed E-state index contributed by atoms with van der Waals surface area (Å²) >= 11 is 11.0. The number of carbonyl (C=O) groups excluding carboxylic acids is 6. The second kappa shape index (κ2) is 28.2. The molecule has 0 aromatic heterocycles. The highest BCUT2D eigenvalue weighted by atomic mass is 127. The molecule has 0 aliphatic rings. The van der Waals surface area contributed by atoms with Crippen molar-refractivity contribution in [2.24, 2.45) is 0 Å². The van der Waals surface area contributed by atoms with Gasteiger partial charge in [-0.3, -0.25) is 28.8 Å². The number of carbonyl (C=O) groups is 6. The number of halogens is 6. The smallest absolute Gasteiger partial charge is 0.253 e. The molecule has 0 unspecified atom stereocenters. The topological polar surface area (TPSA) is 357 Å². The summed E-state index contributed by atoms with van der Waals surface area (Å²) in [7, 11) is 0. The van der Waals surface area contributed by atoms with Crippen LogP contribution in [0.1, 0.15) is 48.4 Å². The Morgan fingerprint density at radius 2 is 0.627 bits per heavy atom. The molecule has 59 heavy (non-hydrogen) atoms. The van der Waals surface area contributed by atoms with Gasteiger partial charge in [-0.25, -0.2) is 0 Å². The maximum absolute atomic E-state index is 12.8. The Morgan fingerprint density at radius 1 is 0.407 bits per heavy atom. The van der Waals surface area contributed by atoms with Crippen molar-refractivity contribution < 1.29 is 74.7 Å². The van der Waals surface area contributed by atoms with Crippen molar-refractivity contribution in [3.05, 3.63) is 43.7 Å². The SMILES string of the molecule is CC(=O)Nc1c(I)c(C(=O)NC(CO)CO)c(I)c(C(=O)NC(CO)CO)c1I.O=C(CO)Nc1c(I)c(C(=O)NC(CO)CO)c(I)c(C(=O)NC(CO)CO)c1I. The number of anilines is 2. The van der Waals surface area contributed by atoms with Crippen molar-refractivity contribution in [2.75, 3.05) is 70.1 Å². The highest BCUT2D eigenvalue weighted by Gasteiger charge is 2.32. The van der Waals surface area contributed by atoms with Crippen LogP contribution in [0.15, 0.2) is 0 Å². The van der Waals surface area contributed by atoms with E-state index in [0.717, 1.165) is 0 Å². The van der Waals surface area contributed by atoms with Crippen LogP contribution in [0.5, 0.6) is 0 Å². The lowest BCUT2D eigenvalue weighted by molar-refractivity contribution is -0.118. The van der Waals surface area contributed by atoms with Crippen molar-refractivity contribution in [3.8, 4) is 0 Å². The van der Waals surface area contributed by atoms with Gasteiger partial charge in [0.2, 0.25) is 11.8 Å². The van der Waals surface area contributed by atoms with Crippen molar-refractivity contribution in [1.29, 1.82) is 0 Å². The quantitative estimate of drug-likeness (QED) is 0.0692. The molecule has 0 spiro atoms. The molecule has 0 saturated carbocycles. The van der Waals surface area contributed by atoms with Crippen LogP contribution in [0.3, 0.4) is 0 Å². The summed E-state index contributed by atoms with van der Waals surface area (Å²) in [5.41, 5.74) is 0.537. The average Bonchev–Trinajstić information content (AvgIpc) is 3.20. The average molecular weight is 1510 g/mol. The fourth-order valence-corrected chi connectivity index (χ4v) is 13.2. The molecule has 2 aromatic carbocycles. The van der Waals surface area contributed by atoms with Crippen molar-refractivity contribution in [1.82, 2.24) is 21.3 Å². The van der Waals surface area contributed by atoms with E-state index in [-0.39, 0.29) is 47.9 Å². The molecule has 15 N–H and O–H groups in total. The van der Waals surface area contributed by atoms with Gasteiger partial charge >= 0.3 is 0 Å². The molecule has 0 radical (unpaired) electrons. The van der Waals surface area contributed by atoms with Gasteiger partial charge in [0, 0.05) is 14.1 Å². The summed E-state index contributed by atoms with van der Waals surface area (Å²) in [6, 6.07) is -3.68. The molecule has 0 aliphatic heterocycles. The van der Waals surface area contributed by atoms with Gasteiger partial charge in [-0.2, -0.15) is 0 Å². The lowest BCUT2D eigenvalue weighted by Gasteiger charge is -2.22. The number of nitrogens with one attached hydrogen (secondary N) is 6. The summed E-state index contributed by atoms with van der Waals surface area (Å²) in [6.07, 6.45) is 0. The molecule has 21 nitrogen and oxygen atoms in total. The van der Waals surface area contributed by atoms with Crippen molar-refractivity contribution in [2.45, 2.75) is 31.1 Å². The maximum atomic E-state index is 12.8. The van der Waals surface area contributed by atoms with Crippen LogP contribution in [0.25, 0.3) is 0 Å². The van der Waals surface area contributed by atoms with E-state index in [0.29, 0.717) is 7.14 Å². The number of rotatable bonds is 19. The first-order valence-corrected chi connectivity index (χ1v) is 23.0. The normalized spacial score (nSPS) is 11.0. The summed E-state index contributed by atoms with van der Waals surface area (Å²) in [5.74, 6) is -3.89. The van der Waals surface area contributed by atoms with E-state index >= 15 is 0 Å². The molecule has 0 saturated heterocycles. The number of hydrogen-bond donors (Lipinski definition) is 15. The Bertz CT molecular complexity index is 1740. The minimum atomic E-state index is -0.940. The summed E-state index contributed by atoms with van der Waals surface area (Å²) < 4.78 is 1.76. The van der Waals surface area contributed by atoms with Crippen LogP contribution in [0.2, 0.25) is 0 Å². The van der Waals surface area contributed by atoms with Crippen LogP contribution in [-0.2, 0) is 9.59 Å². The molecule has 2 rings (SSSR count). The second-order valence-electron chi connectivity index (χ2n) is 11.7. The summed E-state index contributed by atoms with van der Waals surface area (Å²) in [5, 5.41) is 97.7. The molecule has 0 atom stereocenters. The number of aliphatic hydroxyl groups excluding tert-OH is 9. The minimum Gasteiger partial charge on any atom is -0.394 e. The molecular weight excluding hydrogens is 1470 g/mol. The third-order valence-corrected chi connectivity index (χ3v) is 13.8. The van der Waals surface area contributed by atoms with E-state index < -0.39 is 119 Å². The van der Waals surface area contributed by atoms with E-state index in [1.54, 1.807) is 67.8 Å². The van der Waals surface area contributed by atoms with E-state index in [4.69, 9.17) is 5.11 Å². The predicted molar refractivity (Wildman–Crippen MR) is 261 cm³/mol. The van der Waals surface area contributed by atoms with Crippen LogP contribution in [-0.4, -0.2) is 165 Å². The van der Waals surface area contributed by atoms with Gasteiger partial charge in [0.15, 0.2) is 0 Å². The van der Waals surface area contributed by atoms with Crippen molar-refractivity contribution in [3.63, 3.8) is 0 Å². The lowest BCUT2D eigenvalue weighted by Crippen LogP contribution is -2.42. The van der Waals surface area contributed by atoms with E-state index in [1.807, 2.05) is 67.8 Å². The van der Waals surface area contributed by atoms with Gasteiger partial charge in [0.1, 0.15) is 6.61 Å². The Morgan fingerprint density at radius 3 is 0.814 bits per heavy atom. The molecule has 0 bridgehead atoms. The van der Waals surface area contributed by atoms with Crippen molar-refractivity contribution >= 4 is 182 Å². The van der Waals surface area contributed by atoms with Crippen LogP contribution < -0.4 is 31.9 Å². The Labute approximate surface area is 418 Å². The van der Waals surface area contributed by atoms with Crippen LogP contribution >= 0.6 is 136 Å². The molecule has 27 heteroatoms. The van der Waals surface area contributed by atoms with Crippen LogP contribution in [0.4, 0.5) is 11.4 Å². The highest BCUT2D eigenvalue weighted by Crippen LogP contribution is 2.37. The Balaban J connectivity index is 0.000000590. The fourth-order valence-electron chi connectivity index (χ4n) is 4.33. The first-order valence-electron chi connectivity index (χ1n) is 16.5. The fraction of sp³-hybridized carbons (Fsp3) is 0.438. The zero-order chi connectivity index (χ0) is 45.3. The number of hydrogen-bond acceptors (Lipinski definition) is 15. The highest BCUT2D eigenvalue weighted by molar-refractivity contribution is 14.1. The van der Waals surface area contributed by atoms with E-state index in [9.17, 15) is 69.6 Å². The predicted octanol–water partition coefficient (Wildman–Crippen LogP) is -1.78. The number of benzene rings is 2. The maximum Gasteiger partial charge on any atom is 0.253 e. The minimum absolute atomic E-state index is 0.00597. The zero-order valence-corrected chi connectivity index (χ0v) is 43.4. The van der Waals surface area contributed by atoms with Gasteiger partial charge in [0.05, 0.1) is 125 Å². The molecule has 0 aliphatic carbocycles. The number of aliphatic hydroxyl groups is 9. The van der Waals surface area contributed by atoms with Crippen LogP contribution in [0, 0.1) is 21.4 Å². The molecule has 0 heterocycles. The summed E-state index contributed by atoms with van der Waals surface area (Å²) in [4.78, 5) is 74.7. The second-order valence-corrected chi connectivity index (χ2v) is 18.1. The largest absolute Gasteiger partial charge is 0.394 e. The van der Waals surface area contributed by atoms with Gasteiger partial charge in [0.25, 0.3) is 23.6 Å².